The third kappa shape index (κ3) is 4.94. The molecule has 1 amide bonds. The largest absolute Gasteiger partial charge is 0.478 e. The van der Waals surface area contributed by atoms with Gasteiger partial charge in [0.25, 0.3) is 0 Å². The fourth-order valence-electron chi connectivity index (χ4n) is 2.04. The van der Waals surface area contributed by atoms with E-state index in [9.17, 15) is 18.0 Å². The SMILES string of the molecule is O=C(O)C=Cc1cnc(NC(=O)CC2CCS(=O)(=O)C2)s1. The van der Waals surface area contributed by atoms with Gasteiger partial charge in [0.15, 0.2) is 15.0 Å². The van der Waals surface area contributed by atoms with Crippen LogP contribution in [-0.2, 0) is 19.4 Å². The van der Waals surface area contributed by atoms with Crippen LogP contribution in [0.2, 0.25) is 0 Å². The van der Waals surface area contributed by atoms with E-state index in [0.29, 0.717) is 16.4 Å². The molecule has 21 heavy (non-hydrogen) atoms. The number of nitrogens with zero attached hydrogens (tertiary/aromatic N) is 1. The van der Waals surface area contributed by atoms with Crippen LogP contribution in [0, 0.1) is 5.92 Å². The van der Waals surface area contributed by atoms with E-state index in [0.717, 1.165) is 17.4 Å². The lowest BCUT2D eigenvalue weighted by Gasteiger charge is -2.06. The van der Waals surface area contributed by atoms with E-state index in [-0.39, 0.29) is 29.8 Å². The lowest BCUT2D eigenvalue weighted by atomic mass is 10.1. The van der Waals surface area contributed by atoms with E-state index in [1.807, 2.05) is 0 Å². The quantitative estimate of drug-likeness (QED) is 0.779. The molecule has 0 bridgehead atoms. The fraction of sp³-hybridized carbons (Fsp3) is 0.417. The zero-order valence-corrected chi connectivity index (χ0v) is 12.6. The van der Waals surface area contributed by atoms with Crippen molar-refractivity contribution in [1.82, 2.24) is 4.98 Å². The molecule has 7 nitrogen and oxygen atoms in total. The number of sulfone groups is 1. The second kappa shape index (κ2) is 6.35. The van der Waals surface area contributed by atoms with Crippen LogP contribution in [0.15, 0.2) is 12.3 Å². The van der Waals surface area contributed by atoms with Gasteiger partial charge in [-0.2, -0.15) is 0 Å². The molecule has 0 aromatic carbocycles. The Hall–Kier alpha value is -1.74. The number of carbonyl (C=O) groups excluding carboxylic acids is 1. The first kappa shape index (κ1) is 15.6. The molecule has 1 saturated heterocycles. The smallest absolute Gasteiger partial charge is 0.328 e. The second-order valence-corrected chi connectivity index (χ2v) is 8.05. The summed E-state index contributed by atoms with van der Waals surface area (Å²) in [4.78, 5) is 26.8. The van der Waals surface area contributed by atoms with Crippen molar-refractivity contribution in [2.24, 2.45) is 5.92 Å². The highest BCUT2D eigenvalue weighted by Gasteiger charge is 2.29. The van der Waals surface area contributed by atoms with Gasteiger partial charge in [-0.3, -0.25) is 4.79 Å². The third-order valence-electron chi connectivity index (χ3n) is 2.96. The van der Waals surface area contributed by atoms with Gasteiger partial charge in [-0.25, -0.2) is 18.2 Å². The summed E-state index contributed by atoms with van der Waals surface area (Å²) in [5.74, 6) is -1.27. The average molecular weight is 330 g/mol. The van der Waals surface area contributed by atoms with Crippen LogP contribution in [0.25, 0.3) is 6.08 Å². The number of carboxylic acids is 1. The van der Waals surface area contributed by atoms with Gasteiger partial charge in [-0.15, -0.1) is 0 Å². The highest BCUT2D eigenvalue weighted by atomic mass is 32.2. The summed E-state index contributed by atoms with van der Waals surface area (Å²) in [6, 6.07) is 0. The average Bonchev–Trinajstić information content (AvgIpc) is 2.93. The number of rotatable bonds is 5. The van der Waals surface area contributed by atoms with Gasteiger partial charge < -0.3 is 10.4 Å². The maximum Gasteiger partial charge on any atom is 0.328 e. The Morgan fingerprint density at radius 2 is 2.29 bits per heavy atom. The van der Waals surface area contributed by atoms with Gasteiger partial charge >= 0.3 is 5.97 Å². The summed E-state index contributed by atoms with van der Waals surface area (Å²) in [5.41, 5.74) is 0. The Morgan fingerprint density at radius 1 is 1.52 bits per heavy atom. The molecule has 114 valence electrons. The first-order valence-electron chi connectivity index (χ1n) is 6.21. The number of nitrogens with one attached hydrogen (secondary N) is 1. The molecule has 2 heterocycles. The Morgan fingerprint density at radius 3 is 2.90 bits per heavy atom. The highest BCUT2D eigenvalue weighted by Crippen LogP contribution is 2.23. The van der Waals surface area contributed by atoms with Crippen LogP contribution in [-0.4, -0.2) is 41.9 Å². The zero-order chi connectivity index (χ0) is 15.5. The number of carboxylic acid groups (broad SMARTS) is 1. The molecule has 0 radical (unpaired) electrons. The summed E-state index contributed by atoms with van der Waals surface area (Å²) in [7, 11) is -2.98. The van der Waals surface area contributed by atoms with Crippen molar-refractivity contribution in [3.8, 4) is 0 Å². The minimum absolute atomic E-state index is 0.0604. The van der Waals surface area contributed by atoms with Crippen molar-refractivity contribution in [2.45, 2.75) is 12.8 Å². The summed E-state index contributed by atoms with van der Waals surface area (Å²) in [5, 5.41) is 11.5. The van der Waals surface area contributed by atoms with Crippen LogP contribution in [0.4, 0.5) is 5.13 Å². The number of anilines is 1. The number of aromatic nitrogens is 1. The number of amides is 1. The van der Waals surface area contributed by atoms with E-state index in [2.05, 4.69) is 10.3 Å². The Labute approximate surface area is 125 Å². The van der Waals surface area contributed by atoms with Gasteiger partial charge in [0.2, 0.25) is 5.91 Å². The maximum atomic E-state index is 11.8. The Kier molecular flexibility index (Phi) is 4.73. The number of hydrogen-bond donors (Lipinski definition) is 2. The Bertz CT molecular complexity index is 678. The van der Waals surface area contributed by atoms with E-state index in [4.69, 9.17) is 5.11 Å². The predicted octanol–water partition coefficient (Wildman–Crippen LogP) is 1.00. The molecular formula is C12H14N2O5S2. The molecule has 0 saturated carbocycles. The van der Waals surface area contributed by atoms with E-state index < -0.39 is 15.8 Å². The van der Waals surface area contributed by atoms with E-state index in [1.165, 1.54) is 12.3 Å². The molecule has 2 rings (SSSR count). The van der Waals surface area contributed by atoms with Crippen molar-refractivity contribution in [2.75, 3.05) is 16.8 Å². The van der Waals surface area contributed by atoms with Crippen molar-refractivity contribution in [3.05, 3.63) is 17.2 Å². The predicted molar refractivity (Wildman–Crippen MR) is 78.8 cm³/mol. The van der Waals surface area contributed by atoms with Crippen molar-refractivity contribution in [3.63, 3.8) is 0 Å². The molecule has 1 fully saturated rings. The third-order valence-corrected chi connectivity index (χ3v) is 5.68. The van der Waals surface area contributed by atoms with Gasteiger partial charge in [0, 0.05) is 23.6 Å². The number of hydrogen-bond acceptors (Lipinski definition) is 6. The monoisotopic (exact) mass is 330 g/mol. The zero-order valence-electron chi connectivity index (χ0n) is 11.0. The van der Waals surface area contributed by atoms with Gasteiger partial charge in [0.1, 0.15) is 0 Å². The van der Waals surface area contributed by atoms with E-state index in [1.54, 1.807) is 0 Å². The normalized spacial score (nSPS) is 20.7. The van der Waals surface area contributed by atoms with Crippen molar-refractivity contribution >= 4 is 44.3 Å². The molecule has 1 aromatic heterocycles. The van der Waals surface area contributed by atoms with Gasteiger partial charge in [-0.05, 0) is 18.4 Å². The molecule has 9 heteroatoms. The minimum atomic E-state index is -2.98. The topological polar surface area (TPSA) is 113 Å². The minimum Gasteiger partial charge on any atom is -0.478 e. The fourth-order valence-corrected chi connectivity index (χ4v) is 4.64. The molecular weight excluding hydrogens is 316 g/mol. The molecule has 1 aromatic rings. The van der Waals surface area contributed by atoms with Crippen LogP contribution >= 0.6 is 11.3 Å². The summed E-state index contributed by atoms with van der Waals surface area (Å²) in [6.45, 7) is 0. The van der Waals surface area contributed by atoms with Gasteiger partial charge in [-0.1, -0.05) is 11.3 Å². The first-order chi connectivity index (χ1) is 9.84. The van der Waals surface area contributed by atoms with Crippen LogP contribution < -0.4 is 5.32 Å². The standard InChI is InChI=1S/C12H14N2O5S2/c15-10(5-8-3-4-21(18,19)7-8)14-12-13-6-9(20-12)1-2-11(16)17/h1-2,6,8H,3-5,7H2,(H,16,17)(H,13,14,15). The molecule has 0 spiro atoms. The molecule has 1 aliphatic rings. The van der Waals surface area contributed by atoms with Crippen LogP contribution in [0.3, 0.4) is 0 Å². The number of thiazole rings is 1. The lowest BCUT2D eigenvalue weighted by molar-refractivity contribution is -0.131. The van der Waals surface area contributed by atoms with Crippen LogP contribution in [0.1, 0.15) is 17.7 Å². The summed E-state index contributed by atoms with van der Waals surface area (Å²) >= 11 is 1.15. The molecule has 0 aliphatic carbocycles. The summed E-state index contributed by atoms with van der Waals surface area (Å²) < 4.78 is 22.6. The molecule has 2 N–H and O–H groups in total. The molecule has 1 aliphatic heterocycles. The summed E-state index contributed by atoms with van der Waals surface area (Å²) in [6.07, 6.45) is 4.50. The lowest BCUT2D eigenvalue weighted by Crippen LogP contribution is -2.17. The second-order valence-electron chi connectivity index (χ2n) is 4.76. The van der Waals surface area contributed by atoms with Crippen molar-refractivity contribution < 1.29 is 23.1 Å². The maximum absolute atomic E-state index is 11.8. The van der Waals surface area contributed by atoms with Crippen LogP contribution in [0.5, 0.6) is 0 Å². The van der Waals surface area contributed by atoms with Gasteiger partial charge in [0.05, 0.1) is 11.5 Å². The van der Waals surface area contributed by atoms with E-state index >= 15 is 0 Å². The number of carbonyl (C=O) groups is 2. The number of aliphatic carboxylic acids is 1. The molecule has 1 atom stereocenters. The Balaban J connectivity index is 1.87. The highest BCUT2D eigenvalue weighted by molar-refractivity contribution is 7.91. The molecule has 1 unspecified atom stereocenters. The first-order valence-corrected chi connectivity index (χ1v) is 8.85. The van der Waals surface area contributed by atoms with Crippen molar-refractivity contribution in [1.29, 1.82) is 0 Å².